The lowest BCUT2D eigenvalue weighted by Crippen LogP contribution is -2.63. The number of para-hydroxylation sites is 1. The maximum absolute atomic E-state index is 13.5. The number of hydrogen-bond donors (Lipinski definition) is 1. The van der Waals surface area contributed by atoms with E-state index in [4.69, 9.17) is 0 Å². The first kappa shape index (κ1) is 19.4. The standard InChI is InChI=1S/C24H24BrN3O2/c1-14(2)12-27-13-21(29)28-20(24(27)30)11-18-17-5-3-4-6-19(17)26-22(18)23(28)15-7-9-16(25)10-8-15/h3-10,14,20,23,26H,11-13H2,1-2H3/t20-,23-/m0/s1. The monoisotopic (exact) mass is 465 g/mol. The van der Waals surface area contributed by atoms with Crippen LogP contribution in [0.15, 0.2) is 53.0 Å². The van der Waals surface area contributed by atoms with Crippen molar-refractivity contribution in [3.8, 4) is 0 Å². The molecule has 0 saturated carbocycles. The van der Waals surface area contributed by atoms with Gasteiger partial charge in [-0.05, 0) is 35.2 Å². The quantitative estimate of drug-likeness (QED) is 0.627. The molecule has 2 aliphatic rings. The van der Waals surface area contributed by atoms with Crippen molar-refractivity contribution in [3.63, 3.8) is 0 Å². The van der Waals surface area contributed by atoms with E-state index in [1.807, 2.05) is 41.3 Å². The Hall–Kier alpha value is -2.60. The van der Waals surface area contributed by atoms with Crippen LogP contribution in [0, 0.1) is 5.92 Å². The Morgan fingerprint density at radius 3 is 2.57 bits per heavy atom. The summed E-state index contributed by atoms with van der Waals surface area (Å²) in [6, 6.07) is 15.5. The zero-order valence-corrected chi connectivity index (χ0v) is 18.6. The second-order valence-corrected chi connectivity index (χ2v) is 9.57. The summed E-state index contributed by atoms with van der Waals surface area (Å²) in [7, 11) is 0. The third kappa shape index (κ3) is 3.05. The largest absolute Gasteiger partial charge is 0.356 e. The Labute approximate surface area is 184 Å². The molecule has 5 nitrogen and oxygen atoms in total. The van der Waals surface area contributed by atoms with Crippen LogP contribution in [0.2, 0.25) is 0 Å². The topological polar surface area (TPSA) is 56.4 Å². The van der Waals surface area contributed by atoms with E-state index in [9.17, 15) is 9.59 Å². The van der Waals surface area contributed by atoms with Crippen molar-refractivity contribution >= 4 is 38.6 Å². The highest BCUT2D eigenvalue weighted by molar-refractivity contribution is 9.10. The molecule has 2 aliphatic heterocycles. The van der Waals surface area contributed by atoms with Crippen LogP contribution in [0.1, 0.15) is 36.7 Å². The summed E-state index contributed by atoms with van der Waals surface area (Å²) in [4.78, 5) is 33.9. The van der Waals surface area contributed by atoms with E-state index >= 15 is 0 Å². The lowest BCUT2D eigenvalue weighted by atomic mass is 9.86. The molecule has 3 aromatic rings. The number of aromatic amines is 1. The predicted octanol–water partition coefficient (Wildman–Crippen LogP) is 4.27. The van der Waals surface area contributed by atoms with Gasteiger partial charge >= 0.3 is 0 Å². The highest BCUT2D eigenvalue weighted by Gasteiger charge is 2.48. The van der Waals surface area contributed by atoms with Gasteiger partial charge in [-0.1, -0.05) is 60.1 Å². The highest BCUT2D eigenvalue weighted by atomic mass is 79.9. The first-order valence-electron chi connectivity index (χ1n) is 10.4. The second kappa shape index (κ2) is 7.27. The number of nitrogens with one attached hydrogen (secondary N) is 1. The third-order valence-electron chi connectivity index (χ3n) is 6.11. The molecule has 30 heavy (non-hydrogen) atoms. The van der Waals surface area contributed by atoms with Gasteiger partial charge in [0.25, 0.3) is 0 Å². The SMILES string of the molecule is CC(C)CN1CC(=O)N2[C@@H](c3ccc(Br)cc3)c3[nH]c4ccccc4c3C[C@H]2C1=O. The van der Waals surface area contributed by atoms with Crippen molar-refractivity contribution in [2.75, 3.05) is 13.1 Å². The fourth-order valence-corrected chi connectivity index (χ4v) is 5.17. The first-order valence-corrected chi connectivity index (χ1v) is 11.2. The Balaban J connectivity index is 1.68. The summed E-state index contributed by atoms with van der Waals surface area (Å²) in [5.74, 6) is 0.390. The van der Waals surface area contributed by atoms with E-state index in [2.05, 4.69) is 46.9 Å². The fourth-order valence-electron chi connectivity index (χ4n) is 4.91. The smallest absolute Gasteiger partial charge is 0.246 e. The van der Waals surface area contributed by atoms with Crippen LogP contribution in [0.4, 0.5) is 0 Å². The number of piperazine rings is 1. The molecule has 1 aromatic heterocycles. The average Bonchev–Trinajstić information content (AvgIpc) is 3.09. The molecule has 0 spiro atoms. The molecule has 1 fully saturated rings. The van der Waals surface area contributed by atoms with E-state index < -0.39 is 6.04 Å². The van der Waals surface area contributed by atoms with E-state index in [0.717, 1.165) is 32.2 Å². The number of nitrogens with zero attached hydrogens (tertiary/aromatic N) is 2. The minimum absolute atomic E-state index is 0.0116. The summed E-state index contributed by atoms with van der Waals surface area (Å²) in [5.41, 5.74) is 4.22. The summed E-state index contributed by atoms with van der Waals surface area (Å²) in [6.45, 7) is 4.91. The average molecular weight is 466 g/mol. The van der Waals surface area contributed by atoms with Crippen LogP contribution in [-0.4, -0.2) is 45.7 Å². The van der Waals surface area contributed by atoms with E-state index in [0.29, 0.717) is 18.9 Å². The van der Waals surface area contributed by atoms with Crippen LogP contribution in [0.5, 0.6) is 0 Å². The number of fused-ring (bicyclic) bond motifs is 4. The van der Waals surface area contributed by atoms with Crippen molar-refractivity contribution in [1.82, 2.24) is 14.8 Å². The van der Waals surface area contributed by atoms with E-state index in [1.54, 1.807) is 4.90 Å². The molecule has 154 valence electrons. The van der Waals surface area contributed by atoms with E-state index in [-0.39, 0.29) is 24.4 Å². The van der Waals surface area contributed by atoms with Crippen molar-refractivity contribution in [2.45, 2.75) is 32.4 Å². The van der Waals surface area contributed by atoms with Gasteiger partial charge in [0, 0.05) is 34.0 Å². The Morgan fingerprint density at radius 1 is 1.10 bits per heavy atom. The highest BCUT2D eigenvalue weighted by Crippen LogP contribution is 2.42. The summed E-state index contributed by atoms with van der Waals surface area (Å²) in [5, 5.41) is 1.13. The number of aromatic nitrogens is 1. The van der Waals surface area contributed by atoms with Gasteiger partial charge < -0.3 is 14.8 Å². The van der Waals surface area contributed by atoms with Gasteiger partial charge in [0.15, 0.2) is 0 Å². The number of amides is 2. The minimum atomic E-state index is -0.467. The number of carbonyl (C=O) groups excluding carboxylic acids is 2. The van der Waals surface area contributed by atoms with Crippen molar-refractivity contribution in [1.29, 1.82) is 0 Å². The molecular formula is C24H24BrN3O2. The van der Waals surface area contributed by atoms with Gasteiger partial charge in [0.1, 0.15) is 6.04 Å². The molecule has 0 aliphatic carbocycles. The summed E-state index contributed by atoms with van der Waals surface area (Å²) >= 11 is 3.50. The molecular weight excluding hydrogens is 442 g/mol. The molecule has 2 amide bonds. The Bertz CT molecular complexity index is 1140. The van der Waals surface area contributed by atoms with Crippen LogP contribution in [0.3, 0.4) is 0 Å². The van der Waals surface area contributed by atoms with Gasteiger partial charge in [0.2, 0.25) is 11.8 Å². The second-order valence-electron chi connectivity index (χ2n) is 8.65. The third-order valence-corrected chi connectivity index (χ3v) is 6.64. The molecule has 0 radical (unpaired) electrons. The molecule has 0 bridgehead atoms. The van der Waals surface area contributed by atoms with Crippen LogP contribution >= 0.6 is 15.9 Å². The molecule has 1 saturated heterocycles. The Morgan fingerprint density at radius 2 is 1.83 bits per heavy atom. The zero-order chi connectivity index (χ0) is 21.0. The molecule has 0 unspecified atom stereocenters. The number of H-pyrrole nitrogens is 1. The number of carbonyl (C=O) groups is 2. The zero-order valence-electron chi connectivity index (χ0n) is 17.1. The van der Waals surface area contributed by atoms with Crippen LogP contribution < -0.4 is 0 Å². The van der Waals surface area contributed by atoms with Crippen molar-refractivity contribution in [3.05, 3.63) is 69.8 Å². The minimum Gasteiger partial charge on any atom is -0.356 e. The van der Waals surface area contributed by atoms with Gasteiger partial charge in [-0.25, -0.2) is 0 Å². The predicted molar refractivity (Wildman–Crippen MR) is 120 cm³/mol. The van der Waals surface area contributed by atoms with Gasteiger partial charge in [-0.2, -0.15) is 0 Å². The van der Waals surface area contributed by atoms with Crippen molar-refractivity contribution < 1.29 is 9.59 Å². The molecule has 3 heterocycles. The maximum Gasteiger partial charge on any atom is 0.246 e. The lowest BCUT2D eigenvalue weighted by molar-refractivity contribution is -0.159. The van der Waals surface area contributed by atoms with Gasteiger partial charge in [0.05, 0.1) is 12.6 Å². The number of benzene rings is 2. The molecule has 6 heteroatoms. The normalized spacial score (nSPS) is 21.3. The van der Waals surface area contributed by atoms with Crippen LogP contribution in [-0.2, 0) is 16.0 Å². The lowest BCUT2D eigenvalue weighted by Gasteiger charge is -2.47. The fraction of sp³-hybridized carbons (Fsp3) is 0.333. The molecule has 1 N–H and O–H groups in total. The van der Waals surface area contributed by atoms with E-state index in [1.165, 1.54) is 0 Å². The Kier molecular flexibility index (Phi) is 4.69. The van der Waals surface area contributed by atoms with Gasteiger partial charge in [-0.15, -0.1) is 0 Å². The summed E-state index contributed by atoms with van der Waals surface area (Å²) in [6.07, 6.45) is 0.547. The number of halogens is 1. The first-order chi connectivity index (χ1) is 14.4. The number of rotatable bonds is 3. The molecule has 2 aromatic carbocycles. The van der Waals surface area contributed by atoms with Crippen molar-refractivity contribution in [2.24, 2.45) is 5.92 Å². The molecule has 2 atom stereocenters. The molecule has 5 rings (SSSR count). The number of hydrogen-bond acceptors (Lipinski definition) is 2. The maximum atomic E-state index is 13.5. The van der Waals surface area contributed by atoms with Gasteiger partial charge in [-0.3, -0.25) is 9.59 Å². The summed E-state index contributed by atoms with van der Waals surface area (Å²) < 4.78 is 0.986. The van der Waals surface area contributed by atoms with Crippen LogP contribution in [0.25, 0.3) is 10.9 Å².